The monoisotopic (exact) mass is 426 g/mol. The molecule has 0 atom stereocenters. The summed E-state index contributed by atoms with van der Waals surface area (Å²) in [6.07, 6.45) is 2.32. The van der Waals surface area contributed by atoms with Crippen molar-refractivity contribution < 1.29 is 14.2 Å². The van der Waals surface area contributed by atoms with Gasteiger partial charge in [-0.05, 0) is 55.8 Å². The van der Waals surface area contributed by atoms with E-state index < -0.39 is 0 Å². The molecule has 0 N–H and O–H groups in total. The maximum absolute atomic E-state index is 6.38. The van der Waals surface area contributed by atoms with Gasteiger partial charge < -0.3 is 19.1 Å². The second-order valence-corrected chi connectivity index (χ2v) is 9.00. The summed E-state index contributed by atoms with van der Waals surface area (Å²) in [7, 11) is 0. The summed E-state index contributed by atoms with van der Waals surface area (Å²) in [5.74, 6) is 3.94. The summed E-state index contributed by atoms with van der Waals surface area (Å²) in [4.78, 5) is 5.00. The van der Waals surface area contributed by atoms with E-state index in [0.717, 1.165) is 68.8 Å². The molecule has 0 saturated carbocycles. The Morgan fingerprint density at radius 2 is 1.19 bits per heavy atom. The van der Waals surface area contributed by atoms with E-state index in [1.54, 1.807) is 0 Å². The minimum atomic E-state index is 0.172. The van der Waals surface area contributed by atoms with Crippen molar-refractivity contribution in [2.45, 2.75) is 18.8 Å². The van der Waals surface area contributed by atoms with Crippen LogP contribution in [0.2, 0.25) is 0 Å². The van der Waals surface area contributed by atoms with E-state index in [9.17, 15) is 0 Å². The van der Waals surface area contributed by atoms with Crippen molar-refractivity contribution in [2.75, 3.05) is 44.3 Å². The fraction of sp³-hybridized carbons (Fsp3) is 0.333. The molecule has 0 aliphatic carbocycles. The van der Waals surface area contributed by atoms with Crippen LogP contribution in [0.25, 0.3) is 0 Å². The molecule has 7 rings (SSSR count). The molecule has 5 heteroatoms. The molecule has 32 heavy (non-hydrogen) atoms. The molecule has 0 bridgehead atoms. The maximum Gasteiger partial charge on any atom is 0.135 e. The van der Waals surface area contributed by atoms with Crippen LogP contribution in [-0.2, 0) is 4.74 Å². The molecule has 0 unspecified atom stereocenters. The Morgan fingerprint density at radius 3 is 1.81 bits per heavy atom. The average Bonchev–Trinajstić information content (AvgIpc) is 2.84. The van der Waals surface area contributed by atoms with Gasteiger partial charge in [-0.2, -0.15) is 0 Å². The lowest BCUT2D eigenvalue weighted by molar-refractivity contribution is 0.0373. The molecule has 162 valence electrons. The van der Waals surface area contributed by atoms with Crippen LogP contribution < -0.4 is 14.4 Å². The Balaban J connectivity index is 1.26. The lowest BCUT2D eigenvalue weighted by Gasteiger charge is -2.43. The predicted octanol–water partition coefficient (Wildman–Crippen LogP) is 5.64. The molecule has 1 saturated heterocycles. The molecule has 4 aliphatic rings. The standard InChI is InChI=1S/C27H26N2O3/c1(12-28-14-16-30-17-15-28)2-13-29-18-6-3-8-20-24(18)27-25-19(29)7-4-9-21(25)32-23-11-5-10-22(31-20)26(23)27/h3-11,27H,1-2,12-17H2. The van der Waals surface area contributed by atoms with Gasteiger partial charge in [-0.25, -0.2) is 0 Å². The molecule has 0 aromatic heterocycles. The lowest BCUT2D eigenvalue weighted by atomic mass is 9.76. The van der Waals surface area contributed by atoms with Crippen LogP contribution in [0.1, 0.15) is 35.4 Å². The minimum Gasteiger partial charge on any atom is -0.457 e. The van der Waals surface area contributed by atoms with Gasteiger partial charge >= 0.3 is 0 Å². The van der Waals surface area contributed by atoms with Crippen LogP contribution in [0.5, 0.6) is 23.0 Å². The lowest BCUT2D eigenvalue weighted by Crippen LogP contribution is -2.37. The first-order chi connectivity index (χ1) is 15.9. The first-order valence-corrected chi connectivity index (χ1v) is 11.7. The SMILES string of the molecule is c1cc2c3c(c1)Oc1cccc4c1C3c1c(cccc1N4CCCCN1CCOCC1)O2. The summed E-state index contributed by atoms with van der Waals surface area (Å²) < 4.78 is 18.2. The van der Waals surface area contributed by atoms with Crippen molar-refractivity contribution in [1.29, 1.82) is 0 Å². The largest absolute Gasteiger partial charge is 0.457 e. The van der Waals surface area contributed by atoms with E-state index in [4.69, 9.17) is 14.2 Å². The smallest absolute Gasteiger partial charge is 0.135 e. The van der Waals surface area contributed by atoms with Gasteiger partial charge in [0.15, 0.2) is 0 Å². The Hall–Kier alpha value is -3.02. The summed E-state index contributed by atoms with van der Waals surface area (Å²) >= 11 is 0. The zero-order valence-corrected chi connectivity index (χ0v) is 18.0. The van der Waals surface area contributed by atoms with Gasteiger partial charge in [0.1, 0.15) is 23.0 Å². The fourth-order valence-electron chi connectivity index (χ4n) is 5.75. The highest BCUT2D eigenvalue weighted by atomic mass is 16.5. The first kappa shape index (κ1) is 18.5. The third-order valence-electron chi connectivity index (χ3n) is 7.21. The van der Waals surface area contributed by atoms with Crippen LogP contribution in [0.15, 0.2) is 54.6 Å². The Bertz CT molecular complexity index is 1130. The van der Waals surface area contributed by atoms with E-state index in [2.05, 4.69) is 58.3 Å². The zero-order valence-electron chi connectivity index (χ0n) is 18.0. The Kier molecular flexibility index (Phi) is 4.20. The molecule has 0 spiro atoms. The summed E-state index contributed by atoms with van der Waals surface area (Å²) in [5.41, 5.74) is 6.27. The highest BCUT2D eigenvalue weighted by Crippen LogP contribution is 2.63. The molecule has 4 aliphatic heterocycles. The molecule has 0 radical (unpaired) electrons. The van der Waals surface area contributed by atoms with Gasteiger partial charge in [0, 0.05) is 47.7 Å². The van der Waals surface area contributed by atoms with Crippen molar-refractivity contribution in [3.8, 4) is 23.0 Å². The van der Waals surface area contributed by atoms with Crippen LogP contribution in [-0.4, -0.2) is 44.3 Å². The number of ether oxygens (including phenoxy) is 3. The van der Waals surface area contributed by atoms with Gasteiger partial charge in [0.2, 0.25) is 0 Å². The highest BCUT2D eigenvalue weighted by molar-refractivity contribution is 5.85. The number of nitrogens with zero attached hydrogens (tertiary/aromatic N) is 2. The first-order valence-electron chi connectivity index (χ1n) is 11.7. The Labute approximate surface area is 188 Å². The average molecular weight is 427 g/mol. The number of unbranched alkanes of at least 4 members (excludes halogenated alkanes) is 1. The van der Waals surface area contributed by atoms with Gasteiger partial charge in [0.05, 0.1) is 19.1 Å². The molecule has 3 aromatic carbocycles. The quantitative estimate of drug-likeness (QED) is 0.340. The molecule has 3 aromatic rings. The van der Waals surface area contributed by atoms with Crippen molar-refractivity contribution in [1.82, 2.24) is 4.90 Å². The third-order valence-corrected chi connectivity index (χ3v) is 7.21. The van der Waals surface area contributed by atoms with E-state index in [0.29, 0.717) is 0 Å². The van der Waals surface area contributed by atoms with Gasteiger partial charge in [-0.15, -0.1) is 0 Å². The fourth-order valence-corrected chi connectivity index (χ4v) is 5.75. The molecular weight excluding hydrogens is 400 g/mol. The molecule has 4 heterocycles. The summed E-state index contributed by atoms with van der Waals surface area (Å²) in [6.45, 7) is 5.97. The van der Waals surface area contributed by atoms with Gasteiger partial charge in [-0.1, -0.05) is 18.2 Å². The normalized spacial score (nSPS) is 18.1. The number of rotatable bonds is 5. The van der Waals surface area contributed by atoms with Crippen LogP contribution in [0.3, 0.4) is 0 Å². The number of benzene rings is 3. The minimum absolute atomic E-state index is 0.172. The van der Waals surface area contributed by atoms with Crippen molar-refractivity contribution >= 4 is 11.4 Å². The van der Waals surface area contributed by atoms with Crippen molar-refractivity contribution in [3.63, 3.8) is 0 Å². The molecule has 5 nitrogen and oxygen atoms in total. The molecular formula is C27H26N2O3. The molecule has 0 amide bonds. The summed E-state index contributed by atoms with van der Waals surface area (Å²) in [5, 5.41) is 0. The van der Waals surface area contributed by atoms with E-state index >= 15 is 0 Å². The number of morpholine rings is 1. The third kappa shape index (κ3) is 2.71. The van der Waals surface area contributed by atoms with Crippen LogP contribution in [0.4, 0.5) is 11.4 Å². The van der Waals surface area contributed by atoms with Crippen LogP contribution in [0, 0.1) is 0 Å². The van der Waals surface area contributed by atoms with E-state index in [-0.39, 0.29) is 5.92 Å². The van der Waals surface area contributed by atoms with Gasteiger partial charge in [-0.3, -0.25) is 4.90 Å². The number of hydrogen-bond acceptors (Lipinski definition) is 5. The Morgan fingerprint density at radius 1 is 0.656 bits per heavy atom. The second-order valence-electron chi connectivity index (χ2n) is 9.00. The topological polar surface area (TPSA) is 34.2 Å². The summed E-state index contributed by atoms with van der Waals surface area (Å²) in [6, 6.07) is 19.1. The zero-order chi connectivity index (χ0) is 21.1. The highest BCUT2D eigenvalue weighted by Gasteiger charge is 2.43. The maximum atomic E-state index is 6.38. The van der Waals surface area contributed by atoms with E-state index in [1.807, 2.05) is 6.07 Å². The van der Waals surface area contributed by atoms with Gasteiger partial charge in [0.25, 0.3) is 0 Å². The van der Waals surface area contributed by atoms with Crippen LogP contribution >= 0.6 is 0 Å². The second kappa shape index (κ2) is 7.26. The predicted molar refractivity (Wildman–Crippen MR) is 124 cm³/mol. The molecule has 1 fully saturated rings. The number of anilines is 2. The van der Waals surface area contributed by atoms with Crippen molar-refractivity contribution in [2.24, 2.45) is 0 Å². The van der Waals surface area contributed by atoms with Crippen molar-refractivity contribution in [3.05, 3.63) is 71.3 Å². The number of hydrogen-bond donors (Lipinski definition) is 0. The van der Waals surface area contributed by atoms with E-state index in [1.165, 1.54) is 34.5 Å².